The fourth-order valence-corrected chi connectivity index (χ4v) is 4.06. The molecule has 7 heteroatoms. The van der Waals surface area contributed by atoms with Gasteiger partial charge in [0.1, 0.15) is 5.82 Å². The van der Waals surface area contributed by atoms with Crippen molar-refractivity contribution in [1.82, 2.24) is 14.8 Å². The zero-order valence-corrected chi connectivity index (χ0v) is 15.1. The smallest absolute Gasteiger partial charge is 0.231 e. The van der Waals surface area contributed by atoms with E-state index in [-0.39, 0.29) is 17.6 Å². The predicted molar refractivity (Wildman–Crippen MR) is 96.2 cm³/mol. The second kappa shape index (κ2) is 6.29. The quantitative estimate of drug-likeness (QED) is 0.635. The van der Waals surface area contributed by atoms with E-state index < -0.39 is 0 Å². The highest BCUT2D eigenvalue weighted by Crippen LogP contribution is 2.40. The number of benzene rings is 1. The van der Waals surface area contributed by atoms with Gasteiger partial charge in [0.05, 0.1) is 11.7 Å². The third-order valence-corrected chi connectivity index (χ3v) is 5.79. The van der Waals surface area contributed by atoms with Crippen LogP contribution in [-0.4, -0.2) is 32.2 Å². The summed E-state index contributed by atoms with van der Waals surface area (Å²) >= 11 is 1.43. The zero-order chi connectivity index (χ0) is 17.6. The van der Waals surface area contributed by atoms with Crippen LogP contribution in [-0.2, 0) is 11.3 Å². The first-order valence-corrected chi connectivity index (χ1v) is 9.61. The van der Waals surface area contributed by atoms with Crippen molar-refractivity contribution in [2.45, 2.75) is 50.2 Å². The lowest BCUT2D eigenvalue weighted by molar-refractivity contribution is -0.116. The van der Waals surface area contributed by atoms with Crippen molar-refractivity contribution < 1.29 is 9.59 Å². The van der Waals surface area contributed by atoms with E-state index >= 15 is 0 Å². The van der Waals surface area contributed by atoms with Crippen LogP contribution in [0.4, 0.5) is 5.69 Å². The number of carbonyl (C=O) groups is 2. The number of rotatable bonds is 6. The topological polar surface area (TPSA) is 76.9 Å². The lowest BCUT2D eigenvalue weighted by Gasteiger charge is -2.07. The van der Waals surface area contributed by atoms with Crippen molar-refractivity contribution in [1.29, 1.82) is 0 Å². The van der Waals surface area contributed by atoms with E-state index in [0.29, 0.717) is 17.2 Å². The van der Waals surface area contributed by atoms with E-state index in [2.05, 4.69) is 27.0 Å². The minimum Gasteiger partial charge on any atom is -0.325 e. The van der Waals surface area contributed by atoms with E-state index in [1.165, 1.54) is 24.6 Å². The van der Waals surface area contributed by atoms with E-state index in [1.807, 2.05) is 19.1 Å². The molecule has 1 aliphatic carbocycles. The minimum absolute atomic E-state index is 0.0161. The summed E-state index contributed by atoms with van der Waals surface area (Å²) < 4.78 is 2.11. The molecule has 1 fully saturated rings. The Kier molecular flexibility index (Phi) is 4.11. The highest BCUT2D eigenvalue weighted by Gasteiger charge is 2.30. The maximum atomic E-state index is 12.6. The molecule has 0 bridgehead atoms. The van der Waals surface area contributed by atoms with Crippen LogP contribution in [0.15, 0.2) is 23.4 Å². The molecule has 1 atom stereocenters. The van der Waals surface area contributed by atoms with Crippen molar-refractivity contribution in [3.63, 3.8) is 0 Å². The highest BCUT2D eigenvalue weighted by atomic mass is 32.2. The number of nitrogens with zero attached hydrogens (tertiary/aromatic N) is 3. The summed E-state index contributed by atoms with van der Waals surface area (Å²) in [5, 5.41) is 12.2. The summed E-state index contributed by atoms with van der Waals surface area (Å²) in [6, 6.07) is 5.43. The number of Topliss-reactive ketones (excluding diaryl/α,β-unsaturated/α-hetero) is 1. The molecule has 1 aliphatic heterocycles. The van der Waals surface area contributed by atoms with Gasteiger partial charge in [-0.15, -0.1) is 10.2 Å². The Hall–Kier alpha value is -2.15. The number of ketones is 1. The van der Waals surface area contributed by atoms with Gasteiger partial charge in [0, 0.05) is 23.7 Å². The molecule has 130 valence electrons. The molecule has 1 aromatic carbocycles. The Morgan fingerprint density at radius 2 is 2.16 bits per heavy atom. The molecule has 0 unspecified atom stereocenters. The first kappa shape index (κ1) is 16.3. The number of hydrogen-bond acceptors (Lipinski definition) is 5. The first-order chi connectivity index (χ1) is 12.1. The van der Waals surface area contributed by atoms with Crippen molar-refractivity contribution in [3.05, 3.63) is 35.2 Å². The number of thioether (sulfide) groups is 1. The van der Waals surface area contributed by atoms with E-state index in [4.69, 9.17) is 0 Å². The van der Waals surface area contributed by atoms with Gasteiger partial charge in [-0.05, 0) is 50.5 Å². The predicted octanol–water partition coefficient (Wildman–Crippen LogP) is 3.21. The first-order valence-electron chi connectivity index (χ1n) is 8.62. The second-order valence-electron chi connectivity index (χ2n) is 6.58. The van der Waals surface area contributed by atoms with Gasteiger partial charge in [-0.25, -0.2) is 0 Å². The molecule has 0 spiro atoms. The van der Waals surface area contributed by atoms with E-state index in [0.717, 1.165) is 28.8 Å². The number of anilines is 1. The average molecular weight is 356 g/mol. The fourth-order valence-electron chi connectivity index (χ4n) is 3.15. The number of fused-ring (bicyclic) bond motifs is 1. The molecule has 1 N–H and O–H groups in total. The second-order valence-corrected chi connectivity index (χ2v) is 7.53. The van der Waals surface area contributed by atoms with Gasteiger partial charge in [-0.2, -0.15) is 0 Å². The summed E-state index contributed by atoms with van der Waals surface area (Å²) in [7, 11) is 0. The Labute approximate surface area is 150 Å². The van der Waals surface area contributed by atoms with Gasteiger partial charge in [0.25, 0.3) is 0 Å². The molecular weight excluding hydrogens is 336 g/mol. The highest BCUT2D eigenvalue weighted by molar-refractivity contribution is 7.99. The maximum absolute atomic E-state index is 12.6. The maximum Gasteiger partial charge on any atom is 0.231 e. The van der Waals surface area contributed by atoms with Crippen molar-refractivity contribution in [2.75, 3.05) is 11.1 Å². The van der Waals surface area contributed by atoms with Crippen LogP contribution in [0.1, 0.15) is 60.3 Å². The third-order valence-electron chi connectivity index (χ3n) is 4.83. The standard InChI is InChI=1S/C18H20N4O2S/c1-3-22-16(11-4-5-11)20-21-18(22)25-9-15(23)12-6-7-14-13(8-12)10(2)17(24)19-14/h6-8,10-11H,3-5,9H2,1-2H3,(H,19,24)/t10-/m1/s1. The molecule has 6 nitrogen and oxygen atoms in total. The molecule has 0 saturated heterocycles. The molecule has 2 aromatic rings. The fraction of sp³-hybridized carbons (Fsp3) is 0.444. The lowest BCUT2D eigenvalue weighted by Crippen LogP contribution is -2.08. The SMILES string of the molecule is CCn1c(SCC(=O)c2ccc3c(c2)[C@@H](C)C(=O)N3)nnc1C1CC1. The van der Waals surface area contributed by atoms with Crippen LogP contribution in [0.2, 0.25) is 0 Å². The Morgan fingerprint density at radius 3 is 2.88 bits per heavy atom. The van der Waals surface area contributed by atoms with Crippen LogP contribution in [0, 0.1) is 0 Å². The van der Waals surface area contributed by atoms with Gasteiger partial charge in [0.2, 0.25) is 5.91 Å². The molecule has 1 aromatic heterocycles. The van der Waals surface area contributed by atoms with E-state index in [1.54, 1.807) is 6.07 Å². The van der Waals surface area contributed by atoms with E-state index in [9.17, 15) is 9.59 Å². The largest absolute Gasteiger partial charge is 0.325 e. The monoisotopic (exact) mass is 356 g/mol. The summed E-state index contributed by atoms with van der Waals surface area (Å²) in [5.74, 6) is 1.72. The third kappa shape index (κ3) is 2.97. The lowest BCUT2D eigenvalue weighted by atomic mass is 9.99. The van der Waals surface area contributed by atoms with Gasteiger partial charge in [-0.3, -0.25) is 9.59 Å². The van der Waals surface area contributed by atoms with Gasteiger partial charge < -0.3 is 9.88 Å². The number of amides is 1. The van der Waals surface area contributed by atoms with Crippen LogP contribution < -0.4 is 5.32 Å². The number of carbonyl (C=O) groups excluding carboxylic acids is 2. The average Bonchev–Trinajstić information content (AvgIpc) is 3.32. The van der Waals surface area contributed by atoms with Crippen LogP contribution >= 0.6 is 11.8 Å². The number of hydrogen-bond donors (Lipinski definition) is 1. The summed E-state index contributed by atoms with van der Waals surface area (Å²) in [5.41, 5.74) is 2.34. The molecule has 2 heterocycles. The van der Waals surface area contributed by atoms with Gasteiger partial charge in [0.15, 0.2) is 10.9 Å². The molecule has 25 heavy (non-hydrogen) atoms. The number of aromatic nitrogens is 3. The summed E-state index contributed by atoms with van der Waals surface area (Å²) in [6.45, 7) is 4.75. The zero-order valence-electron chi connectivity index (χ0n) is 14.3. The van der Waals surface area contributed by atoms with Gasteiger partial charge >= 0.3 is 0 Å². The summed E-state index contributed by atoms with van der Waals surface area (Å²) in [6.07, 6.45) is 2.36. The Balaban J connectivity index is 1.47. The van der Waals surface area contributed by atoms with Crippen molar-refractivity contribution in [3.8, 4) is 0 Å². The van der Waals surface area contributed by atoms with Gasteiger partial charge in [-0.1, -0.05) is 11.8 Å². The molecule has 1 amide bonds. The normalized spacial score (nSPS) is 19.0. The molecule has 4 rings (SSSR count). The number of nitrogens with one attached hydrogen (secondary N) is 1. The Bertz CT molecular complexity index is 857. The molecule has 1 saturated carbocycles. The van der Waals surface area contributed by atoms with Crippen LogP contribution in [0.25, 0.3) is 0 Å². The summed E-state index contributed by atoms with van der Waals surface area (Å²) in [4.78, 5) is 24.3. The Morgan fingerprint density at radius 1 is 1.36 bits per heavy atom. The molecular formula is C18H20N4O2S. The van der Waals surface area contributed by atoms with Crippen molar-refractivity contribution in [2.24, 2.45) is 0 Å². The van der Waals surface area contributed by atoms with Crippen LogP contribution in [0.5, 0.6) is 0 Å². The molecule has 2 aliphatic rings. The van der Waals surface area contributed by atoms with Crippen molar-refractivity contribution >= 4 is 29.1 Å². The minimum atomic E-state index is -0.209. The molecule has 0 radical (unpaired) electrons. The van der Waals surface area contributed by atoms with Crippen LogP contribution in [0.3, 0.4) is 0 Å².